The first-order valence-electron chi connectivity index (χ1n) is 10.3. The molecule has 1 unspecified atom stereocenters. The monoisotopic (exact) mass is 433 g/mol. The van der Waals surface area contributed by atoms with Gasteiger partial charge in [-0.05, 0) is 0 Å². The van der Waals surface area contributed by atoms with Crippen LogP contribution in [0.15, 0.2) is 69.5 Å². The van der Waals surface area contributed by atoms with Crippen LogP contribution in [0.2, 0.25) is 3.63 Å². The molecule has 2 aromatic rings. The first kappa shape index (κ1) is 19.1. The van der Waals surface area contributed by atoms with Crippen LogP contribution in [0.5, 0.6) is 0 Å². The van der Waals surface area contributed by atoms with E-state index < -0.39 is 21.8 Å². The minimum atomic E-state index is -1.98. The fraction of sp³-hybridized carbons (Fsp3) is 0.385. The molecule has 4 rings (SSSR count). The Kier molecular flexibility index (Phi) is 4.96. The second kappa shape index (κ2) is 7.00. The molecule has 0 aromatic heterocycles. The summed E-state index contributed by atoms with van der Waals surface area (Å²) in [6.45, 7) is 14.5. The molecule has 1 atom stereocenters. The molecule has 0 fully saturated rings. The van der Waals surface area contributed by atoms with Gasteiger partial charge in [-0.3, -0.25) is 0 Å². The van der Waals surface area contributed by atoms with Crippen molar-refractivity contribution in [2.75, 3.05) is 0 Å². The summed E-state index contributed by atoms with van der Waals surface area (Å²) in [6.07, 6.45) is 5.16. The van der Waals surface area contributed by atoms with Crippen molar-refractivity contribution < 1.29 is 21.8 Å². The van der Waals surface area contributed by atoms with Crippen LogP contribution in [-0.2, 0) is 21.8 Å². The minimum absolute atomic E-state index is 0.243. The molecule has 0 N–H and O–H groups in total. The number of fused-ring (bicyclic) bond motifs is 3. The average molecular weight is 435 g/mol. The van der Waals surface area contributed by atoms with Gasteiger partial charge < -0.3 is 0 Å². The molecule has 0 nitrogen and oxygen atoms in total. The van der Waals surface area contributed by atoms with E-state index in [0.29, 0.717) is 9.54 Å². The molecule has 0 spiro atoms. The van der Waals surface area contributed by atoms with E-state index in [1.165, 1.54) is 11.1 Å². The van der Waals surface area contributed by atoms with Crippen molar-refractivity contribution in [1.82, 2.24) is 0 Å². The Morgan fingerprint density at radius 2 is 1.37 bits per heavy atom. The van der Waals surface area contributed by atoms with Crippen LogP contribution in [0.25, 0.3) is 11.1 Å². The number of benzene rings is 2. The molecular weight excluding hydrogens is 404 g/mol. The van der Waals surface area contributed by atoms with Gasteiger partial charge in [-0.25, -0.2) is 0 Å². The van der Waals surface area contributed by atoms with Crippen LogP contribution in [-0.4, -0.2) is 0 Å². The third-order valence-corrected chi connectivity index (χ3v) is 15.4. The molecule has 0 heterocycles. The quantitative estimate of drug-likeness (QED) is 0.464. The zero-order valence-corrected chi connectivity index (χ0v) is 20.0. The Hall–Kier alpha value is -1.20. The molecule has 2 aliphatic carbocycles. The Bertz CT molecular complexity index is 878. The van der Waals surface area contributed by atoms with E-state index in [1.54, 1.807) is 16.7 Å². The van der Waals surface area contributed by atoms with E-state index in [0.717, 1.165) is 3.63 Å². The summed E-state index contributed by atoms with van der Waals surface area (Å²) in [5, 5.41) is 0. The molecule has 0 amide bonds. The Morgan fingerprint density at radius 3 is 1.81 bits per heavy atom. The van der Waals surface area contributed by atoms with E-state index in [-0.39, 0.29) is 5.41 Å². The number of allylic oxidation sites excluding steroid dienone is 4. The average Bonchev–Trinajstić information content (AvgIpc) is 3.15. The van der Waals surface area contributed by atoms with Gasteiger partial charge in [-0.15, -0.1) is 0 Å². The molecule has 0 aliphatic heterocycles. The Balaban J connectivity index is 1.85. The van der Waals surface area contributed by atoms with E-state index >= 15 is 0 Å². The van der Waals surface area contributed by atoms with Crippen LogP contribution >= 0.6 is 0 Å². The molecular formula is C26H31Zr. The van der Waals surface area contributed by atoms with Gasteiger partial charge >= 0.3 is 174 Å². The van der Waals surface area contributed by atoms with Crippen molar-refractivity contribution in [3.8, 4) is 11.1 Å². The summed E-state index contributed by atoms with van der Waals surface area (Å²) in [5.74, 6) is 0.607. The first-order valence-corrected chi connectivity index (χ1v) is 14.3. The topological polar surface area (TPSA) is 0 Å². The van der Waals surface area contributed by atoms with E-state index in [1.807, 2.05) is 3.28 Å². The second-order valence-electron chi connectivity index (χ2n) is 9.48. The van der Waals surface area contributed by atoms with Crippen molar-refractivity contribution in [3.63, 3.8) is 0 Å². The van der Waals surface area contributed by atoms with Gasteiger partial charge in [0.25, 0.3) is 0 Å². The van der Waals surface area contributed by atoms with Gasteiger partial charge in [0.15, 0.2) is 0 Å². The maximum absolute atomic E-state index is 2.61. The third-order valence-electron chi connectivity index (χ3n) is 6.20. The first-order chi connectivity index (χ1) is 12.8. The SMILES string of the molecule is CC1C=C(C(C)(C)C)C=[C]1[Zr]([CH](C)C)[CH]1c2ccccc2-c2ccccc21. The Morgan fingerprint density at radius 1 is 0.852 bits per heavy atom. The van der Waals surface area contributed by atoms with Crippen LogP contribution in [0.3, 0.4) is 0 Å². The fourth-order valence-electron chi connectivity index (χ4n) is 4.84. The van der Waals surface area contributed by atoms with Gasteiger partial charge in [0.2, 0.25) is 0 Å². The zero-order valence-electron chi connectivity index (χ0n) is 17.5. The zero-order chi connectivity index (χ0) is 19.3. The summed E-state index contributed by atoms with van der Waals surface area (Å²) in [5.41, 5.74) is 7.94. The van der Waals surface area contributed by atoms with Crippen LogP contribution < -0.4 is 0 Å². The maximum atomic E-state index is 2.61. The molecule has 2 aliphatic rings. The van der Waals surface area contributed by atoms with Gasteiger partial charge in [-0.1, -0.05) is 0 Å². The number of hydrogen-bond acceptors (Lipinski definition) is 0. The Labute approximate surface area is 173 Å². The normalized spacial score (nSPS) is 19.0. The number of hydrogen-bond donors (Lipinski definition) is 0. The van der Waals surface area contributed by atoms with Crippen LogP contribution in [0, 0.1) is 11.3 Å². The predicted molar refractivity (Wildman–Crippen MR) is 114 cm³/mol. The standard InChI is InChI=1S/C13H9.C10H15.C3H7.Zr/c1-3-7-12-10(5-1)9-11-6-2-4-8-13(11)12;1-8-5-6-9(7-8)10(2,3)4;1-3-2;/h1-9H;6-8H,1-4H3;3H,1-2H3;. The summed E-state index contributed by atoms with van der Waals surface area (Å²) in [4.78, 5) is 0. The summed E-state index contributed by atoms with van der Waals surface area (Å²) in [6, 6.07) is 18.4. The molecule has 2 aromatic carbocycles. The van der Waals surface area contributed by atoms with Gasteiger partial charge in [-0.2, -0.15) is 0 Å². The third kappa shape index (κ3) is 3.27. The summed E-state index contributed by atoms with van der Waals surface area (Å²) < 4.78 is 3.26. The van der Waals surface area contributed by atoms with Crippen molar-refractivity contribution >= 4 is 0 Å². The van der Waals surface area contributed by atoms with Gasteiger partial charge in [0.1, 0.15) is 0 Å². The summed E-state index contributed by atoms with van der Waals surface area (Å²) in [7, 11) is 0. The second-order valence-corrected chi connectivity index (χ2v) is 17.4. The molecule has 0 bridgehead atoms. The van der Waals surface area contributed by atoms with E-state index in [4.69, 9.17) is 0 Å². The molecule has 27 heavy (non-hydrogen) atoms. The van der Waals surface area contributed by atoms with Crippen LogP contribution in [0.4, 0.5) is 0 Å². The molecule has 139 valence electrons. The van der Waals surface area contributed by atoms with Gasteiger partial charge in [0, 0.05) is 0 Å². The van der Waals surface area contributed by atoms with Gasteiger partial charge in [0.05, 0.1) is 0 Å². The van der Waals surface area contributed by atoms with E-state index in [2.05, 4.69) is 102 Å². The van der Waals surface area contributed by atoms with Crippen LogP contribution in [0.1, 0.15) is 56.3 Å². The molecule has 0 saturated heterocycles. The molecule has 0 saturated carbocycles. The number of rotatable bonds is 3. The predicted octanol–water partition coefficient (Wildman–Crippen LogP) is 7.71. The van der Waals surface area contributed by atoms with E-state index in [9.17, 15) is 0 Å². The van der Waals surface area contributed by atoms with Crippen molar-refractivity contribution in [2.24, 2.45) is 11.3 Å². The molecule has 1 heteroatoms. The molecule has 0 radical (unpaired) electrons. The van der Waals surface area contributed by atoms with Crippen molar-refractivity contribution in [3.05, 3.63) is 80.7 Å². The summed E-state index contributed by atoms with van der Waals surface area (Å²) >= 11 is -1.98. The van der Waals surface area contributed by atoms with Crippen molar-refractivity contribution in [2.45, 2.75) is 48.8 Å². The fourth-order valence-corrected chi connectivity index (χ4v) is 14.1. The van der Waals surface area contributed by atoms with Crippen molar-refractivity contribution in [1.29, 1.82) is 0 Å².